The van der Waals surface area contributed by atoms with E-state index >= 15 is 0 Å². The van der Waals surface area contributed by atoms with Crippen LogP contribution in [0.5, 0.6) is 0 Å². The molecule has 1 aromatic carbocycles. The fourth-order valence-corrected chi connectivity index (χ4v) is 3.84. The van der Waals surface area contributed by atoms with Crippen LogP contribution in [0.2, 0.25) is 0 Å². The van der Waals surface area contributed by atoms with Gasteiger partial charge in [-0.05, 0) is 50.8 Å². The standard InChI is InChI=1S/C24H36N4O2/c1-3-25-24(26-13-8-15-29-19-23-11-7-16-30-23)27-22-12-14-28(20(2)17-22)18-21-9-5-4-6-10-21/h4-7,9-11,16,20,22H,3,8,12-15,17-19H2,1-2H3,(H2,25,26,27). The van der Waals surface area contributed by atoms with Crippen LogP contribution in [0.25, 0.3) is 0 Å². The fraction of sp³-hybridized carbons (Fsp3) is 0.542. The Balaban J connectivity index is 1.38. The van der Waals surface area contributed by atoms with Gasteiger partial charge in [0, 0.05) is 44.9 Å². The van der Waals surface area contributed by atoms with E-state index in [9.17, 15) is 0 Å². The van der Waals surface area contributed by atoms with Gasteiger partial charge < -0.3 is 19.8 Å². The molecule has 0 radical (unpaired) electrons. The molecule has 2 heterocycles. The van der Waals surface area contributed by atoms with Crippen molar-refractivity contribution in [1.29, 1.82) is 0 Å². The van der Waals surface area contributed by atoms with Gasteiger partial charge in [-0.25, -0.2) is 0 Å². The summed E-state index contributed by atoms with van der Waals surface area (Å²) in [5.74, 6) is 1.78. The first-order valence-electron chi connectivity index (χ1n) is 11.2. The number of furan rings is 1. The maximum absolute atomic E-state index is 5.64. The molecule has 6 nitrogen and oxygen atoms in total. The van der Waals surface area contributed by atoms with Gasteiger partial charge >= 0.3 is 0 Å². The van der Waals surface area contributed by atoms with Crippen molar-refractivity contribution >= 4 is 5.96 Å². The van der Waals surface area contributed by atoms with E-state index in [1.807, 2.05) is 12.1 Å². The van der Waals surface area contributed by atoms with Crippen LogP contribution in [-0.2, 0) is 17.9 Å². The second-order valence-corrected chi connectivity index (χ2v) is 7.92. The van der Waals surface area contributed by atoms with Crippen molar-refractivity contribution in [3.8, 4) is 0 Å². The summed E-state index contributed by atoms with van der Waals surface area (Å²) in [5, 5.41) is 7.02. The lowest BCUT2D eigenvalue weighted by atomic mass is 9.97. The van der Waals surface area contributed by atoms with E-state index in [1.165, 1.54) is 5.56 Å². The first kappa shape index (κ1) is 22.4. The number of aliphatic imine (C=N–C) groups is 1. The first-order chi connectivity index (χ1) is 14.7. The third-order valence-corrected chi connectivity index (χ3v) is 5.47. The van der Waals surface area contributed by atoms with Crippen molar-refractivity contribution in [2.45, 2.75) is 58.3 Å². The van der Waals surface area contributed by atoms with Crippen molar-refractivity contribution in [3.63, 3.8) is 0 Å². The number of hydrogen-bond donors (Lipinski definition) is 2. The second kappa shape index (κ2) is 12.4. The maximum atomic E-state index is 5.64. The van der Waals surface area contributed by atoms with E-state index in [-0.39, 0.29) is 0 Å². The summed E-state index contributed by atoms with van der Waals surface area (Å²) < 4.78 is 10.9. The summed E-state index contributed by atoms with van der Waals surface area (Å²) in [6.45, 7) is 9.38. The molecular formula is C24H36N4O2. The summed E-state index contributed by atoms with van der Waals surface area (Å²) >= 11 is 0. The molecule has 0 aliphatic carbocycles. The molecular weight excluding hydrogens is 376 g/mol. The van der Waals surface area contributed by atoms with Gasteiger partial charge in [0.2, 0.25) is 0 Å². The molecule has 2 unspecified atom stereocenters. The Morgan fingerprint density at radius 2 is 2.10 bits per heavy atom. The van der Waals surface area contributed by atoms with E-state index < -0.39 is 0 Å². The minimum absolute atomic E-state index is 0.458. The van der Waals surface area contributed by atoms with Gasteiger partial charge in [0.05, 0.1) is 6.26 Å². The minimum Gasteiger partial charge on any atom is -0.467 e. The number of nitrogens with one attached hydrogen (secondary N) is 2. The molecule has 1 aromatic heterocycles. The third kappa shape index (κ3) is 7.50. The molecule has 1 fully saturated rings. The molecule has 2 atom stereocenters. The molecule has 2 aromatic rings. The Morgan fingerprint density at radius 1 is 1.23 bits per heavy atom. The smallest absolute Gasteiger partial charge is 0.191 e. The predicted molar refractivity (Wildman–Crippen MR) is 121 cm³/mol. The monoisotopic (exact) mass is 412 g/mol. The number of piperidine rings is 1. The van der Waals surface area contributed by atoms with E-state index in [0.29, 0.717) is 25.3 Å². The number of likely N-dealkylation sites (tertiary alicyclic amines) is 1. The van der Waals surface area contributed by atoms with Crippen molar-refractivity contribution in [1.82, 2.24) is 15.5 Å². The average molecular weight is 413 g/mol. The minimum atomic E-state index is 0.458. The first-order valence-corrected chi connectivity index (χ1v) is 11.2. The molecule has 30 heavy (non-hydrogen) atoms. The van der Waals surface area contributed by atoms with Gasteiger partial charge in [0.1, 0.15) is 12.4 Å². The molecule has 0 saturated carbocycles. The quantitative estimate of drug-likeness (QED) is 0.353. The van der Waals surface area contributed by atoms with Crippen LogP contribution < -0.4 is 10.6 Å². The number of hydrogen-bond acceptors (Lipinski definition) is 4. The Kier molecular flexibility index (Phi) is 9.25. The highest BCUT2D eigenvalue weighted by atomic mass is 16.5. The van der Waals surface area contributed by atoms with Crippen molar-refractivity contribution in [2.75, 3.05) is 26.2 Å². The maximum Gasteiger partial charge on any atom is 0.191 e. The average Bonchev–Trinajstić information content (AvgIpc) is 3.27. The third-order valence-electron chi connectivity index (χ3n) is 5.47. The Bertz CT molecular complexity index is 733. The van der Waals surface area contributed by atoms with Crippen molar-refractivity contribution < 1.29 is 9.15 Å². The SMILES string of the molecule is CCNC(=NCCCOCc1ccco1)NC1CCN(Cc2ccccc2)C(C)C1. The Labute approximate surface area is 180 Å². The zero-order valence-electron chi connectivity index (χ0n) is 18.3. The van der Waals surface area contributed by atoms with Crippen LogP contribution in [0.15, 0.2) is 58.1 Å². The number of guanidine groups is 1. The van der Waals surface area contributed by atoms with Crippen LogP contribution in [0.1, 0.15) is 44.4 Å². The summed E-state index contributed by atoms with van der Waals surface area (Å²) in [5.41, 5.74) is 1.39. The molecule has 0 bridgehead atoms. The highest BCUT2D eigenvalue weighted by Gasteiger charge is 2.25. The van der Waals surface area contributed by atoms with Crippen LogP contribution >= 0.6 is 0 Å². The Hall–Kier alpha value is -2.31. The van der Waals surface area contributed by atoms with Gasteiger partial charge in [-0.2, -0.15) is 0 Å². The van der Waals surface area contributed by atoms with Crippen molar-refractivity contribution in [3.05, 3.63) is 60.1 Å². The van der Waals surface area contributed by atoms with Gasteiger partial charge in [0.25, 0.3) is 0 Å². The zero-order valence-corrected chi connectivity index (χ0v) is 18.3. The molecule has 0 amide bonds. The lowest BCUT2D eigenvalue weighted by Gasteiger charge is -2.38. The lowest BCUT2D eigenvalue weighted by molar-refractivity contribution is 0.105. The topological polar surface area (TPSA) is 62.0 Å². The number of ether oxygens (including phenoxy) is 1. The van der Waals surface area contributed by atoms with Gasteiger partial charge in [-0.15, -0.1) is 0 Å². The van der Waals surface area contributed by atoms with Crippen LogP contribution in [0.4, 0.5) is 0 Å². The second-order valence-electron chi connectivity index (χ2n) is 7.92. The van der Waals surface area contributed by atoms with Gasteiger partial charge in [0.15, 0.2) is 5.96 Å². The van der Waals surface area contributed by atoms with Gasteiger partial charge in [-0.3, -0.25) is 9.89 Å². The van der Waals surface area contributed by atoms with Gasteiger partial charge in [-0.1, -0.05) is 30.3 Å². The van der Waals surface area contributed by atoms with E-state index in [2.05, 4.69) is 59.7 Å². The number of nitrogens with zero attached hydrogens (tertiary/aromatic N) is 2. The molecule has 164 valence electrons. The molecule has 6 heteroatoms. The summed E-state index contributed by atoms with van der Waals surface area (Å²) in [6, 6.07) is 15.6. The summed E-state index contributed by atoms with van der Waals surface area (Å²) in [6.07, 6.45) is 4.82. The Morgan fingerprint density at radius 3 is 2.83 bits per heavy atom. The highest BCUT2D eigenvalue weighted by Crippen LogP contribution is 2.19. The molecule has 2 N–H and O–H groups in total. The molecule has 3 rings (SSSR count). The number of benzene rings is 1. The van der Waals surface area contributed by atoms with Crippen LogP contribution in [0, 0.1) is 0 Å². The lowest BCUT2D eigenvalue weighted by Crippen LogP contribution is -2.51. The predicted octanol–water partition coefficient (Wildman–Crippen LogP) is 3.79. The van der Waals surface area contributed by atoms with Crippen LogP contribution in [-0.4, -0.2) is 49.2 Å². The normalized spacial score (nSPS) is 20.3. The molecule has 1 aliphatic heterocycles. The molecule has 1 saturated heterocycles. The van der Waals surface area contributed by atoms with Crippen molar-refractivity contribution in [2.24, 2.45) is 4.99 Å². The highest BCUT2D eigenvalue weighted by molar-refractivity contribution is 5.80. The van der Waals surface area contributed by atoms with E-state index in [1.54, 1.807) is 6.26 Å². The fourth-order valence-electron chi connectivity index (χ4n) is 3.84. The van der Waals surface area contributed by atoms with E-state index in [4.69, 9.17) is 14.1 Å². The zero-order chi connectivity index (χ0) is 21.0. The van der Waals surface area contributed by atoms with E-state index in [0.717, 1.165) is 57.2 Å². The summed E-state index contributed by atoms with van der Waals surface area (Å²) in [4.78, 5) is 7.31. The number of rotatable bonds is 10. The molecule has 1 aliphatic rings. The summed E-state index contributed by atoms with van der Waals surface area (Å²) in [7, 11) is 0. The molecule has 0 spiro atoms. The largest absolute Gasteiger partial charge is 0.467 e. The van der Waals surface area contributed by atoms with Crippen LogP contribution in [0.3, 0.4) is 0 Å².